The molecule has 2 aromatic heterocycles. The second-order valence-corrected chi connectivity index (χ2v) is 7.85. The molecule has 1 fully saturated rings. The number of nitrogens with one attached hydrogen (secondary N) is 1. The number of ketones is 1. The number of rotatable bonds is 7. The smallest absolute Gasteiger partial charge is 0.170 e. The Hall–Kier alpha value is -2.83. The zero-order chi connectivity index (χ0) is 20.8. The van der Waals surface area contributed by atoms with Gasteiger partial charge in [0.1, 0.15) is 5.82 Å². The highest BCUT2D eigenvalue weighted by molar-refractivity contribution is 6.30. The maximum atomic E-state index is 12.8. The first-order valence-electron chi connectivity index (χ1n) is 10.0. The van der Waals surface area contributed by atoms with Crippen molar-refractivity contribution in [3.63, 3.8) is 0 Å². The lowest BCUT2D eigenvalue weighted by atomic mass is 9.96. The minimum atomic E-state index is -0.0297. The van der Waals surface area contributed by atoms with E-state index >= 15 is 0 Å². The van der Waals surface area contributed by atoms with Gasteiger partial charge < -0.3 is 10.1 Å². The molecule has 1 saturated heterocycles. The van der Waals surface area contributed by atoms with E-state index in [1.54, 1.807) is 24.8 Å². The van der Waals surface area contributed by atoms with Crippen molar-refractivity contribution in [2.75, 3.05) is 18.5 Å². The highest BCUT2D eigenvalue weighted by Crippen LogP contribution is 2.23. The third-order valence-electron chi connectivity index (χ3n) is 5.23. The molecular weight excluding hydrogens is 400 g/mol. The SMILES string of the molecule is O=C(Cc1ccncc1Nc1ccc(Cl)cc1)c1cnc(CC2CCOCC2)nc1. The van der Waals surface area contributed by atoms with Gasteiger partial charge in [-0.25, -0.2) is 9.97 Å². The van der Waals surface area contributed by atoms with Gasteiger partial charge in [-0.2, -0.15) is 0 Å². The molecule has 0 aliphatic carbocycles. The number of carbonyl (C=O) groups excluding carboxylic acids is 1. The van der Waals surface area contributed by atoms with Gasteiger partial charge in [-0.3, -0.25) is 9.78 Å². The lowest BCUT2D eigenvalue weighted by Crippen LogP contribution is -2.18. The van der Waals surface area contributed by atoms with Crippen molar-refractivity contribution in [1.29, 1.82) is 0 Å². The minimum Gasteiger partial charge on any atom is -0.381 e. The number of halogens is 1. The summed E-state index contributed by atoms with van der Waals surface area (Å²) in [6, 6.07) is 9.23. The summed E-state index contributed by atoms with van der Waals surface area (Å²) in [5.74, 6) is 1.31. The molecule has 154 valence electrons. The Labute approximate surface area is 180 Å². The van der Waals surface area contributed by atoms with Crippen LogP contribution in [0.4, 0.5) is 11.4 Å². The molecule has 4 rings (SSSR count). The van der Waals surface area contributed by atoms with E-state index in [1.807, 2.05) is 30.3 Å². The van der Waals surface area contributed by atoms with Crippen LogP contribution < -0.4 is 5.32 Å². The maximum Gasteiger partial charge on any atom is 0.170 e. The van der Waals surface area contributed by atoms with Gasteiger partial charge in [0.05, 0.1) is 17.4 Å². The van der Waals surface area contributed by atoms with Gasteiger partial charge in [-0.1, -0.05) is 11.6 Å². The van der Waals surface area contributed by atoms with Crippen LogP contribution in [0, 0.1) is 5.92 Å². The number of nitrogens with zero attached hydrogens (tertiary/aromatic N) is 3. The third-order valence-corrected chi connectivity index (χ3v) is 5.48. The van der Waals surface area contributed by atoms with E-state index in [-0.39, 0.29) is 12.2 Å². The molecule has 0 radical (unpaired) electrons. The van der Waals surface area contributed by atoms with E-state index in [9.17, 15) is 4.79 Å². The summed E-state index contributed by atoms with van der Waals surface area (Å²) in [6.45, 7) is 1.61. The quantitative estimate of drug-likeness (QED) is 0.558. The van der Waals surface area contributed by atoms with Crippen LogP contribution in [0.15, 0.2) is 55.1 Å². The summed E-state index contributed by atoms with van der Waals surface area (Å²) in [5, 5.41) is 3.97. The first-order valence-corrected chi connectivity index (χ1v) is 10.4. The number of anilines is 2. The van der Waals surface area contributed by atoms with Crippen LogP contribution in [0.3, 0.4) is 0 Å². The summed E-state index contributed by atoms with van der Waals surface area (Å²) in [7, 11) is 0. The summed E-state index contributed by atoms with van der Waals surface area (Å²) < 4.78 is 5.40. The molecule has 1 aromatic carbocycles. The fourth-order valence-corrected chi connectivity index (χ4v) is 3.59. The summed E-state index contributed by atoms with van der Waals surface area (Å²) in [4.78, 5) is 25.8. The van der Waals surface area contributed by atoms with Crippen molar-refractivity contribution in [3.8, 4) is 0 Å². The topological polar surface area (TPSA) is 77.0 Å². The average molecular weight is 423 g/mol. The van der Waals surface area contributed by atoms with Crippen molar-refractivity contribution in [2.24, 2.45) is 5.92 Å². The van der Waals surface area contributed by atoms with Crippen molar-refractivity contribution < 1.29 is 9.53 Å². The average Bonchev–Trinajstić information content (AvgIpc) is 2.78. The van der Waals surface area contributed by atoms with Crippen LogP contribution >= 0.6 is 11.6 Å². The predicted molar refractivity (Wildman–Crippen MR) is 116 cm³/mol. The van der Waals surface area contributed by atoms with Gasteiger partial charge in [0.25, 0.3) is 0 Å². The molecule has 0 atom stereocenters. The van der Waals surface area contributed by atoms with Gasteiger partial charge in [0.15, 0.2) is 5.78 Å². The van der Waals surface area contributed by atoms with Gasteiger partial charge in [0.2, 0.25) is 0 Å². The number of carbonyl (C=O) groups is 1. The first-order chi connectivity index (χ1) is 14.7. The molecule has 3 heterocycles. The molecule has 7 heteroatoms. The molecule has 1 aliphatic rings. The number of pyridine rings is 1. The number of Topliss-reactive ketones (excluding diaryl/α,β-unsaturated/α-hetero) is 1. The normalized spacial score (nSPS) is 14.4. The van der Waals surface area contributed by atoms with E-state index in [1.165, 1.54) is 0 Å². The molecule has 0 spiro atoms. The molecule has 0 unspecified atom stereocenters. The van der Waals surface area contributed by atoms with Crippen molar-refractivity contribution in [2.45, 2.75) is 25.7 Å². The molecule has 0 amide bonds. The highest BCUT2D eigenvalue weighted by Gasteiger charge is 2.17. The second kappa shape index (κ2) is 9.78. The van der Waals surface area contributed by atoms with Gasteiger partial charge >= 0.3 is 0 Å². The van der Waals surface area contributed by atoms with Crippen LogP contribution in [0.5, 0.6) is 0 Å². The number of ether oxygens (including phenoxy) is 1. The number of hydrogen-bond donors (Lipinski definition) is 1. The van der Waals surface area contributed by atoms with Crippen molar-refractivity contribution >= 4 is 28.8 Å². The number of aromatic nitrogens is 3. The van der Waals surface area contributed by atoms with Crippen molar-refractivity contribution in [3.05, 3.63) is 77.1 Å². The molecule has 0 saturated carbocycles. The van der Waals surface area contributed by atoms with Crippen molar-refractivity contribution in [1.82, 2.24) is 15.0 Å². The van der Waals surface area contributed by atoms with Gasteiger partial charge in [0, 0.05) is 55.4 Å². The summed E-state index contributed by atoms with van der Waals surface area (Å²) >= 11 is 5.95. The Morgan fingerprint density at radius 1 is 1.07 bits per heavy atom. The second-order valence-electron chi connectivity index (χ2n) is 7.41. The molecule has 6 nitrogen and oxygen atoms in total. The Balaban J connectivity index is 1.41. The maximum absolute atomic E-state index is 12.8. The number of hydrogen-bond acceptors (Lipinski definition) is 6. The Kier molecular flexibility index (Phi) is 6.67. The number of benzene rings is 1. The zero-order valence-electron chi connectivity index (χ0n) is 16.6. The van der Waals surface area contributed by atoms with E-state index in [0.717, 1.165) is 55.2 Å². The van der Waals surface area contributed by atoms with E-state index < -0.39 is 0 Å². The highest BCUT2D eigenvalue weighted by atomic mass is 35.5. The monoisotopic (exact) mass is 422 g/mol. The van der Waals surface area contributed by atoms with Crippen LogP contribution in [0.25, 0.3) is 0 Å². The fourth-order valence-electron chi connectivity index (χ4n) is 3.47. The van der Waals surface area contributed by atoms with Crippen LogP contribution in [0.1, 0.15) is 34.6 Å². The molecule has 30 heavy (non-hydrogen) atoms. The van der Waals surface area contributed by atoms with E-state index in [0.29, 0.717) is 16.5 Å². The van der Waals surface area contributed by atoms with Crippen LogP contribution in [-0.2, 0) is 17.6 Å². The predicted octanol–water partition coefficient (Wildman–Crippen LogP) is 4.66. The van der Waals surface area contributed by atoms with Gasteiger partial charge in [-0.05, 0) is 54.7 Å². The van der Waals surface area contributed by atoms with Crippen LogP contribution in [0.2, 0.25) is 5.02 Å². The molecule has 0 bridgehead atoms. The Bertz CT molecular complexity index is 987. The standard InChI is InChI=1S/C23H23ClN4O2/c24-19-1-3-20(4-2-19)28-21-15-25-8-5-17(21)12-22(29)18-13-26-23(27-14-18)11-16-6-9-30-10-7-16/h1-5,8,13-16,28H,6-7,9-12H2. The zero-order valence-corrected chi connectivity index (χ0v) is 17.3. The minimum absolute atomic E-state index is 0.0297. The van der Waals surface area contributed by atoms with E-state index in [4.69, 9.17) is 16.3 Å². The molecule has 1 aliphatic heterocycles. The lowest BCUT2D eigenvalue weighted by molar-refractivity contribution is 0.0660. The summed E-state index contributed by atoms with van der Waals surface area (Å²) in [5.41, 5.74) is 3.03. The van der Waals surface area contributed by atoms with Crippen LogP contribution in [-0.4, -0.2) is 33.9 Å². The molecule has 3 aromatic rings. The third kappa shape index (κ3) is 5.40. The van der Waals surface area contributed by atoms with E-state index in [2.05, 4.69) is 20.3 Å². The first kappa shape index (κ1) is 20.4. The van der Waals surface area contributed by atoms with Gasteiger partial charge in [-0.15, -0.1) is 0 Å². The molecule has 1 N–H and O–H groups in total. The largest absolute Gasteiger partial charge is 0.381 e. The summed E-state index contributed by atoms with van der Waals surface area (Å²) in [6.07, 6.45) is 9.81. The fraction of sp³-hybridized carbons (Fsp3) is 0.304. The Morgan fingerprint density at radius 3 is 2.53 bits per heavy atom. The lowest BCUT2D eigenvalue weighted by Gasteiger charge is -2.21. The Morgan fingerprint density at radius 2 is 1.80 bits per heavy atom. The molecular formula is C23H23ClN4O2.